The summed E-state index contributed by atoms with van der Waals surface area (Å²) >= 11 is 0.716. The van der Waals surface area contributed by atoms with Gasteiger partial charge < -0.3 is 5.32 Å². The van der Waals surface area contributed by atoms with Gasteiger partial charge in [-0.05, 0) is 0 Å². The molecule has 0 saturated carbocycles. The second-order valence-corrected chi connectivity index (χ2v) is 8.73. The highest BCUT2D eigenvalue weighted by molar-refractivity contribution is 7.91. The largest absolute Gasteiger partial charge is 0.374 e. The molecule has 21 heavy (non-hydrogen) atoms. The van der Waals surface area contributed by atoms with Gasteiger partial charge in [0.05, 0.1) is 11.2 Å². The third-order valence-electron chi connectivity index (χ3n) is 2.16. The number of rotatable bonds is 8. The molecule has 0 saturated heterocycles. The van der Waals surface area contributed by atoms with Crippen LogP contribution in [0.2, 0.25) is 0 Å². The molecule has 1 aromatic rings. The van der Waals surface area contributed by atoms with Crippen LogP contribution in [-0.2, 0) is 20.0 Å². The van der Waals surface area contributed by atoms with Crippen molar-refractivity contribution in [2.75, 3.05) is 31.7 Å². The predicted molar refractivity (Wildman–Crippen MR) is 78.6 cm³/mol. The van der Waals surface area contributed by atoms with Crippen molar-refractivity contribution < 1.29 is 21.8 Å². The molecule has 0 amide bonds. The molecule has 1 rings (SSSR count). The lowest BCUT2D eigenvalue weighted by atomic mass is 10.5. The van der Waals surface area contributed by atoms with E-state index in [1.165, 1.54) is 7.05 Å². The van der Waals surface area contributed by atoms with Crippen LogP contribution in [0.3, 0.4) is 0 Å². The van der Waals surface area contributed by atoms with Gasteiger partial charge in [0.1, 0.15) is 4.21 Å². The molecule has 13 heteroatoms. The molecule has 0 atom stereocenters. The van der Waals surface area contributed by atoms with Gasteiger partial charge in [0.25, 0.3) is 0 Å². The van der Waals surface area contributed by atoms with Crippen LogP contribution in [0.15, 0.2) is 10.3 Å². The van der Waals surface area contributed by atoms with Crippen molar-refractivity contribution in [1.82, 2.24) is 9.44 Å². The fraction of sp³-hybridized carbons (Fsp3) is 0.500. The van der Waals surface area contributed by atoms with E-state index in [9.17, 15) is 26.9 Å². The Morgan fingerprint density at radius 3 is 2.24 bits per heavy atom. The Morgan fingerprint density at radius 2 is 1.81 bits per heavy atom. The zero-order chi connectivity index (χ0) is 16.3. The van der Waals surface area contributed by atoms with E-state index in [2.05, 4.69) is 14.8 Å². The van der Waals surface area contributed by atoms with E-state index in [-0.39, 0.29) is 28.0 Å². The van der Waals surface area contributed by atoms with Crippen LogP contribution in [0.4, 0.5) is 10.7 Å². The van der Waals surface area contributed by atoms with Gasteiger partial charge >= 0.3 is 5.69 Å². The van der Waals surface area contributed by atoms with Crippen LogP contribution in [0.1, 0.15) is 0 Å². The van der Waals surface area contributed by atoms with Gasteiger partial charge in [-0.15, -0.1) is 0 Å². The Labute approximate surface area is 125 Å². The first-order valence-electron chi connectivity index (χ1n) is 5.47. The molecule has 0 aliphatic carbocycles. The minimum Gasteiger partial charge on any atom is -0.374 e. The SMILES string of the molecule is CNc1sc(S(=O)(=O)NCCNS(C)(=O)=O)cc1[N+](=O)[O-]. The van der Waals surface area contributed by atoms with Crippen molar-refractivity contribution in [1.29, 1.82) is 0 Å². The summed E-state index contributed by atoms with van der Waals surface area (Å²) in [4.78, 5) is 10.1. The maximum atomic E-state index is 11.9. The van der Waals surface area contributed by atoms with E-state index in [1.807, 2.05) is 0 Å². The third-order valence-corrected chi connectivity index (χ3v) is 5.96. The highest BCUT2D eigenvalue weighted by Crippen LogP contribution is 2.36. The topological polar surface area (TPSA) is 148 Å². The fourth-order valence-corrected chi connectivity index (χ4v) is 4.13. The summed E-state index contributed by atoms with van der Waals surface area (Å²) in [5.41, 5.74) is -0.336. The van der Waals surface area contributed by atoms with Gasteiger partial charge in [-0.2, -0.15) is 0 Å². The van der Waals surface area contributed by atoms with Crippen molar-refractivity contribution in [2.45, 2.75) is 4.21 Å². The number of nitrogens with zero attached hydrogens (tertiary/aromatic N) is 1. The molecule has 10 nitrogen and oxygen atoms in total. The lowest BCUT2D eigenvalue weighted by Gasteiger charge is -2.04. The normalized spacial score (nSPS) is 12.3. The molecule has 0 spiro atoms. The number of hydrogen-bond donors (Lipinski definition) is 3. The molecule has 0 bridgehead atoms. The Morgan fingerprint density at radius 1 is 1.24 bits per heavy atom. The Hall–Kier alpha value is -1.28. The van der Waals surface area contributed by atoms with Gasteiger partial charge in [0.2, 0.25) is 20.0 Å². The van der Waals surface area contributed by atoms with Crippen molar-refractivity contribution in [3.8, 4) is 0 Å². The molecule has 0 aliphatic rings. The lowest BCUT2D eigenvalue weighted by Crippen LogP contribution is -2.33. The van der Waals surface area contributed by atoms with Crippen molar-refractivity contribution in [2.24, 2.45) is 0 Å². The molecule has 0 fully saturated rings. The quantitative estimate of drug-likeness (QED) is 0.323. The van der Waals surface area contributed by atoms with Crippen LogP contribution in [0, 0.1) is 10.1 Å². The highest BCUT2D eigenvalue weighted by Gasteiger charge is 2.25. The molecule has 1 heterocycles. The summed E-state index contributed by atoms with van der Waals surface area (Å²) < 4.78 is 49.6. The minimum atomic E-state index is -3.93. The van der Waals surface area contributed by atoms with Gasteiger partial charge in [0.15, 0.2) is 5.00 Å². The number of sulfonamides is 2. The van der Waals surface area contributed by atoms with Crippen LogP contribution < -0.4 is 14.8 Å². The smallest absolute Gasteiger partial charge is 0.304 e. The molecule has 3 N–H and O–H groups in total. The monoisotopic (exact) mass is 358 g/mol. The molecule has 120 valence electrons. The van der Waals surface area contributed by atoms with E-state index in [4.69, 9.17) is 0 Å². The molecule has 0 aliphatic heterocycles. The zero-order valence-electron chi connectivity index (χ0n) is 11.1. The van der Waals surface area contributed by atoms with Crippen LogP contribution in [0.5, 0.6) is 0 Å². The number of thiophene rings is 1. The van der Waals surface area contributed by atoms with Gasteiger partial charge in [0, 0.05) is 26.2 Å². The number of anilines is 1. The number of nitrogens with one attached hydrogen (secondary N) is 3. The minimum absolute atomic E-state index is 0.120. The average Bonchev–Trinajstić information content (AvgIpc) is 2.78. The maximum Gasteiger partial charge on any atom is 0.304 e. The molecule has 0 unspecified atom stereocenters. The van der Waals surface area contributed by atoms with Gasteiger partial charge in [-0.3, -0.25) is 10.1 Å². The molecule has 0 aromatic carbocycles. The molecular formula is C8H14N4O6S3. The summed E-state index contributed by atoms with van der Waals surface area (Å²) in [7, 11) is -5.90. The van der Waals surface area contributed by atoms with Crippen LogP contribution in [0.25, 0.3) is 0 Å². The van der Waals surface area contributed by atoms with E-state index in [0.717, 1.165) is 12.3 Å². The van der Waals surface area contributed by atoms with Crippen LogP contribution in [-0.4, -0.2) is 48.2 Å². The van der Waals surface area contributed by atoms with Crippen LogP contribution >= 0.6 is 11.3 Å². The van der Waals surface area contributed by atoms with E-state index >= 15 is 0 Å². The zero-order valence-corrected chi connectivity index (χ0v) is 13.6. The van der Waals surface area contributed by atoms with Crippen molar-refractivity contribution in [3.05, 3.63) is 16.2 Å². The first kappa shape index (κ1) is 17.8. The van der Waals surface area contributed by atoms with E-state index in [0.29, 0.717) is 11.3 Å². The summed E-state index contributed by atoms with van der Waals surface area (Å²) in [5, 5.41) is 13.4. The summed E-state index contributed by atoms with van der Waals surface area (Å²) in [5.74, 6) is 0. The number of nitro groups is 1. The molecular weight excluding hydrogens is 344 g/mol. The van der Waals surface area contributed by atoms with Gasteiger partial charge in [-0.1, -0.05) is 11.3 Å². The first-order valence-corrected chi connectivity index (χ1v) is 9.66. The summed E-state index contributed by atoms with van der Waals surface area (Å²) in [6, 6.07) is 0.947. The first-order chi connectivity index (χ1) is 9.57. The Balaban J connectivity index is 2.81. The maximum absolute atomic E-state index is 11.9. The lowest BCUT2D eigenvalue weighted by molar-refractivity contribution is -0.383. The summed E-state index contributed by atoms with van der Waals surface area (Å²) in [6.45, 7) is -0.291. The van der Waals surface area contributed by atoms with Crippen molar-refractivity contribution in [3.63, 3.8) is 0 Å². The van der Waals surface area contributed by atoms with Gasteiger partial charge in [-0.25, -0.2) is 26.3 Å². The summed E-state index contributed by atoms with van der Waals surface area (Å²) in [6.07, 6.45) is 0.948. The second kappa shape index (κ2) is 6.65. The average molecular weight is 358 g/mol. The second-order valence-electron chi connectivity index (χ2n) is 3.85. The third kappa shape index (κ3) is 5.20. The van der Waals surface area contributed by atoms with Crippen molar-refractivity contribution >= 4 is 42.1 Å². The predicted octanol–water partition coefficient (Wildman–Crippen LogP) is -0.474. The fourth-order valence-electron chi connectivity index (χ4n) is 1.30. The number of hydrogen-bond acceptors (Lipinski definition) is 8. The van der Waals surface area contributed by atoms with E-state index in [1.54, 1.807) is 0 Å². The van der Waals surface area contributed by atoms with E-state index < -0.39 is 25.0 Å². The Bertz CT molecular complexity index is 723. The molecule has 0 radical (unpaired) electrons. The molecule has 1 aromatic heterocycles. The standard InChI is InChI=1S/C8H14N4O6S3/c1-9-8-6(12(13)14)5-7(19-8)21(17,18)11-4-3-10-20(2,15)16/h5,9-11H,3-4H2,1-2H3. The highest BCUT2D eigenvalue weighted by atomic mass is 32.2. The Kier molecular flexibility index (Phi) is 5.63.